The minimum Gasteiger partial charge on any atom is -0.369 e. The average Bonchev–Trinajstić information content (AvgIpc) is 3.03. The Morgan fingerprint density at radius 2 is 1.83 bits per heavy atom. The number of carbonyl (C=O) groups excluding carboxylic acids is 1. The zero-order valence-electron chi connectivity index (χ0n) is 14.8. The summed E-state index contributed by atoms with van der Waals surface area (Å²) < 4.78 is 5.66. The second-order valence-corrected chi connectivity index (χ2v) is 7.27. The van der Waals surface area contributed by atoms with Crippen LogP contribution in [0.5, 0.6) is 0 Å². The van der Waals surface area contributed by atoms with Gasteiger partial charge in [-0.1, -0.05) is 57.0 Å². The molecular weight excluding hydrogens is 286 g/mol. The van der Waals surface area contributed by atoms with Crippen LogP contribution >= 0.6 is 0 Å². The highest BCUT2D eigenvalue weighted by atomic mass is 16.5. The van der Waals surface area contributed by atoms with E-state index in [9.17, 15) is 4.79 Å². The van der Waals surface area contributed by atoms with Crippen LogP contribution in [0, 0.1) is 5.92 Å². The van der Waals surface area contributed by atoms with Gasteiger partial charge >= 0.3 is 0 Å². The third-order valence-electron chi connectivity index (χ3n) is 4.98. The SMILES string of the molecule is CC(C)CCOC(C)C(=O)NCC1(c2ccccc2)CCCC1. The first kappa shape index (κ1) is 18.0. The molecule has 0 saturated heterocycles. The lowest BCUT2D eigenvalue weighted by Crippen LogP contribution is -2.43. The van der Waals surface area contributed by atoms with Gasteiger partial charge in [0.15, 0.2) is 0 Å². The van der Waals surface area contributed by atoms with Crippen molar-refractivity contribution in [2.75, 3.05) is 13.2 Å². The molecule has 1 N–H and O–H groups in total. The Morgan fingerprint density at radius 3 is 2.43 bits per heavy atom. The Hall–Kier alpha value is -1.35. The van der Waals surface area contributed by atoms with E-state index in [4.69, 9.17) is 4.74 Å². The van der Waals surface area contributed by atoms with Gasteiger partial charge in [0.05, 0.1) is 0 Å². The van der Waals surface area contributed by atoms with Gasteiger partial charge in [-0.2, -0.15) is 0 Å². The van der Waals surface area contributed by atoms with E-state index in [1.54, 1.807) is 0 Å². The molecule has 1 fully saturated rings. The van der Waals surface area contributed by atoms with Crippen molar-refractivity contribution in [3.05, 3.63) is 35.9 Å². The molecule has 1 atom stereocenters. The summed E-state index contributed by atoms with van der Waals surface area (Å²) in [5.41, 5.74) is 1.46. The molecule has 1 unspecified atom stereocenters. The van der Waals surface area contributed by atoms with Gasteiger partial charge in [-0.25, -0.2) is 0 Å². The predicted octanol–water partition coefficient (Wildman–Crippen LogP) is 4.07. The third kappa shape index (κ3) is 5.07. The van der Waals surface area contributed by atoms with Gasteiger partial charge in [0.1, 0.15) is 6.10 Å². The summed E-state index contributed by atoms with van der Waals surface area (Å²) in [6.45, 7) is 7.54. The number of hydrogen-bond acceptors (Lipinski definition) is 2. The first-order valence-corrected chi connectivity index (χ1v) is 8.98. The molecule has 0 spiro atoms. The molecule has 2 rings (SSSR count). The molecule has 1 aliphatic rings. The molecule has 0 aromatic heterocycles. The first-order chi connectivity index (χ1) is 11.0. The van der Waals surface area contributed by atoms with Crippen molar-refractivity contribution < 1.29 is 9.53 Å². The first-order valence-electron chi connectivity index (χ1n) is 8.98. The van der Waals surface area contributed by atoms with Crippen molar-refractivity contribution in [3.8, 4) is 0 Å². The summed E-state index contributed by atoms with van der Waals surface area (Å²) >= 11 is 0. The van der Waals surface area contributed by atoms with Gasteiger partial charge < -0.3 is 10.1 Å². The maximum atomic E-state index is 12.3. The van der Waals surface area contributed by atoms with E-state index in [1.165, 1.54) is 18.4 Å². The number of hydrogen-bond donors (Lipinski definition) is 1. The quantitative estimate of drug-likeness (QED) is 0.785. The highest BCUT2D eigenvalue weighted by Crippen LogP contribution is 2.40. The standard InChI is InChI=1S/C20H31NO2/c1-16(2)11-14-23-17(3)19(22)21-15-20(12-7-8-13-20)18-9-5-4-6-10-18/h4-6,9-10,16-17H,7-8,11-15H2,1-3H3,(H,21,22). The minimum absolute atomic E-state index is 0.0102. The number of benzene rings is 1. The van der Waals surface area contributed by atoms with Crippen LogP contribution in [0.1, 0.15) is 58.4 Å². The van der Waals surface area contributed by atoms with E-state index in [0.717, 1.165) is 19.3 Å². The molecule has 1 amide bonds. The zero-order valence-corrected chi connectivity index (χ0v) is 14.8. The summed E-state index contributed by atoms with van der Waals surface area (Å²) in [4.78, 5) is 12.3. The van der Waals surface area contributed by atoms with Crippen molar-refractivity contribution in [1.29, 1.82) is 0 Å². The van der Waals surface area contributed by atoms with Crippen molar-refractivity contribution in [1.82, 2.24) is 5.32 Å². The lowest BCUT2D eigenvalue weighted by molar-refractivity contribution is -0.132. The normalized spacial score (nSPS) is 18.1. The fraction of sp³-hybridized carbons (Fsp3) is 0.650. The fourth-order valence-corrected chi connectivity index (χ4v) is 3.37. The van der Waals surface area contributed by atoms with E-state index in [2.05, 4.69) is 49.5 Å². The number of carbonyl (C=O) groups is 1. The number of nitrogens with one attached hydrogen (secondary N) is 1. The van der Waals surface area contributed by atoms with E-state index in [0.29, 0.717) is 19.1 Å². The Balaban J connectivity index is 1.88. The third-order valence-corrected chi connectivity index (χ3v) is 4.98. The van der Waals surface area contributed by atoms with Crippen molar-refractivity contribution in [2.24, 2.45) is 5.92 Å². The summed E-state index contributed by atoms with van der Waals surface area (Å²) in [5.74, 6) is 0.612. The van der Waals surface area contributed by atoms with Crippen molar-refractivity contribution in [3.63, 3.8) is 0 Å². The Labute approximate surface area is 140 Å². The van der Waals surface area contributed by atoms with E-state index in [1.807, 2.05) is 6.92 Å². The van der Waals surface area contributed by atoms with Crippen LogP contribution in [-0.2, 0) is 14.9 Å². The van der Waals surface area contributed by atoms with Crippen LogP contribution < -0.4 is 5.32 Å². The topological polar surface area (TPSA) is 38.3 Å². The van der Waals surface area contributed by atoms with E-state index < -0.39 is 0 Å². The molecular formula is C20H31NO2. The molecule has 1 saturated carbocycles. The van der Waals surface area contributed by atoms with Crippen LogP contribution in [0.2, 0.25) is 0 Å². The molecule has 3 heteroatoms. The second-order valence-electron chi connectivity index (χ2n) is 7.27. The monoisotopic (exact) mass is 317 g/mol. The van der Waals surface area contributed by atoms with Crippen LogP contribution in [0.4, 0.5) is 0 Å². The lowest BCUT2D eigenvalue weighted by Gasteiger charge is -2.30. The number of amides is 1. The van der Waals surface area contributed by atoms with Crippen LogP contribution in [0.15, 0.2) is 30.3 Å². The molecule has 128 valence electrons. The van der Waals surface area contributed by atoms with Crippen LogP contribution in [0.25, 0.3) is 0 Å². The number of rotatable bonds is 8. The molecule has 0 heterocycles. The minimum atomic E-state index is -0.372. The fourth-order valence-electron chi connectivity index (χ4n) is 3.37. The summed E-state index contributed by atoms with van der Waals surface area (Å²) in [6.07, 6.45) is 5.41. The summed E-state index contributed by atoms with van der Waals surface area (Å²) in [5, 5.41) is 3.14. The van der Waals surface area contributed by atoms with Gasteiger partial charge in [-0.15, -0.1) is 0 Å². The van der Waals surface area contributed by atoms with Crippen LogP contribution in [0.3, 0.4) is 0 Å². The molecule has 1 aliphatic carbocycles. The molecule has 1 aromatic carbocycles. The highest BCUT2D eigenvalue weighted by Gasteiger charge is 2.36. The van der Waals surface area contributed by atoms with Crippen LogP contribution in [-0.4, -0.2) is 25.2 Å². The van der Waals surface area contributed by atoms with Gasteiger partial charge in [0.2, 0.25) is 5.91 Å². The lowest BCUT2D eigenvalue weighted by atomic mass is 9.79. The van der Waals surface area contributed by atoms with Gasteiger partial charge in [0.25, 0.3) is 0 Å². The maximum absolute atomic E-state index is 12.3. The zero-order chi connectivity index (χ0) is 16.7. The average molecular weight is 317 g/mol. The van der Waals surface area contributed by atoms with Gasteiger partial charge in [-0.05, 0) is 37.7 Å². The molecule has 23 heavy (non-hydrogen) atoms. The van der Waals surface area contributed by atoms with E-state index in [-0.39, 0.29) is 17.4 Å². The van der Waals surface area contributed by atoms with Crippen molar-refractivity contribution >= 4 is 5.91 Å². The largest absolute Gasteiger partial charge is 0.369 e. The molecule has 0 bridgehead atoms. The predicted molar refractivity (Wildman–Crippen MR) is 94.5 cm³/mol. The summed E-state index contributed by atoms with van der Waals surface area (Å²) in [6, 6.07) is 10.6. The molecule has 1 aromatic rings. The molecule has 0 radical (unpaired) electrons. The Bertz CT molecular complexity index is 478. The Morgan fingerprint density at radius 1 is 1.17 bits per heavy atom. The van der Waals surface area contributed by atoms with Gasteiger partial charge in [0, 0.05) is 18.6 Å². The smallest absolute Gasteiger partial charge is 0.248 e. The number of ether oxygens (including phenoxy) is 1. The molecule has 3 nitrogen and oxygen atoms in total. The van der Waals surface area contributed by atoms with Gasteiger partial charge in [-0.3, -0.25) is 4.79 Å². The van der Waals surface area contributed by atoms with Crippen molar-refractivity contribution in [2.45, 2.75) is 64.4 Å². The Kier molecular flexibility index (Phi) is 6.64. The highest BCUT2D eigenvalue weighted by molar-refractivity contribution is 5.80. The summed E-state index contributed by atoms with van der Waals surface area (Å²) in [7, 11) is 0. The second kappa shape index (κ2) is 8.49. The maximum Gasteiger partial charge on any atom is 0.248 e. The molecule has 0 aliphatic heterocycles. The van der Waals surface area contributed by atoms with E-state index >= 15 is 0 Å².